The number of nitrogens with one attached hydrogen (secondary N) is 2. The smallest absolute Gasteiger partial charge is 0.404 e. The van der Waals surface area contributed by atoms with Crippen molar-refractivity contribution in [2.24, 2.45) is 0 Å². The first-order valence-corrected chi connectivity index (χ1v) is 6.12. The van der Waals surface area contributed by atoms with Crippen LogP contribution in [-0.2, 0) is 0 Å². The molecule has 0 aliphatic carbocycles. The van der Waals surface area contributed by atoms with Gasteiger partial charge in [-0.05, 0) is 31.0 Å². The monoisotopic (exact) mass is 286 g/mol. The predicted molar refractivity (Wildman–Crippen MR) is 70.7 cm³/mol. The Morgan fingerprint density at radius 2 is 1.79 bits per heavy atom. The highest BCUT2D eigenvalue weighted by Crippen LogP contribution is 2.21. The van der Waals surface area contributed by atoms with Crippen molar-refractivity contribution in [2.45, 2.75) is 12.8 Å². The highest BCUT2D eigenvalue weighted by molar-refractivity contribution is 6.31. The van der Waals surface area contributed by atoms with Crippen molar-refractivity contribution < 1.29 is 19.8 Å². The zero-order chi connectivity index (χ0) is 14.3. The van der Waals surface area contributed by atoms with Crippen molar-refractivity contribution in [3.63, 3.8) is 0 Å². The fraction of sp³-hybridized carbons (Fsp3) is 0.333. The molecule has 0 atom stereocenters. The Hall–Kier alpha value is -1.95. The van der Waals surface area contributed by atoms with Crippen molar-refractivity contribution in [3.8, 4) is 5.75 Å². The van der Waals surface area contributed by atoms with Gasteiger partial charge in [0.2, 0.25) is 0 Å². The average Bonchev–Trinajstić information content (AvgIpc) is 2.36. The van der Waals surface area contributed by atoms with Crippen LogP contribution in [0.25, 0.3) is 0 Å². The summed E-state index contributed by atoms with van der Waals surface area (Å²) in [7, 11) is 0. The summed E-state index contributed by atoms with van der Waals surface area (Å²) in [5.74, 6) is -0.541. The van der Waals surface area contributed by atoms with Gasteiger partial charge in [0.15, 0.2) is 0 Å². The second kappa shape index (κ2) is 7.48. The lowest BCUT2D eigenvalue weighted by molar-refractivity contribution is 0.0950. The Balaban J connectivity index is 2.31. The van der Waals surface area contributed by atoms with Crippen LogP contribution in [0.3, 0.4) is 0 Å². The van der Waals surface area contributed by atoms with Gasteiger partial charge in [-0.2, -0.15) is 0 Å². The number of hydrogen-bond acceptors (Lipinski definition) is 3. The van der Waals surface area contributed by atoms with Crippen LogP contribution >= 0.6 is 11.6 Å². The second-order valence-electron chi connectivity index (χ2n) is 3.86. The molecule has 0 radical (unpaired) electrons. The van der Waals surface area contributed by atoms with E-state index in [4.69, 9.17) is 16.7 Å². The fourth-order valence-corrected chi connectivity index (χ4v) is 1.60. The first-order chi connectivity index (χ1) is 9.00. The number of phenolic OH excluding ortho intramolecular Hbond substituents is 1. The molecule has 4 N–H and O–H groups in total. The number of unbranched alkanes of at least 4 members (excludes halogenated alkanes) is 1. The number of amides is 2. The summed E-state index contributed by atoms with van der Waals surface area (Å²) in [5, 5.41) is 23.1. The number of hydrogen-bond donors (Lipinski definition) is 4. The van der Waals surface area contributed by atoms with Gasteiger partial charge in [0, 0.05) is 18.1 Å². The summed E-state index contributed by atoms with van der Waals surface area (Å²) in [6.07, 6.45) is 0.189. The molecule has 0 saturated heterocycles. The molecule has 2 amide bonds. The molecule has 0 fully saturated rings. The minimum Gasteiger partial charge on any atom is -0.507 e. The summed E-state index contributed by atoms with van der Waals surface area (Å²) in [6.45, 7) is 0.736. The predicted octanol–water partition coefficient (Wildman–Crippen LogP) is 1.82. The molecule has 0 heterocycles. The summed E-state index contributed by atoms with van der Waals surface area (Å²) < 4.78 is 0. The largest absolute Gasteiger partial charge is 0.507 e. The molecule has 7 heteroatoms. The van der Waals surface area contributed by atoms with Crippen molar-refractivity contribution in [1.82, 2.24) is 10.6 Å². The van der Waals surface area contributed by atoms with Crippen LogP contribution in [0.5, 0.6) is 5.75 Å². The summed E-state index contributed by atoms with van der Waals surface area (Å²) in [6, 6.07) is 4.23. The average molecular weight is 287 g/mol. The van der Waals surface area contributed by atoms with Crippen molar-refractivity contribution in [1.29, 1.82) is 0 Å². The Kier molecular flexibility index (Phi) is 5.95. The van der Waals surface area contributed by atoms with Crippen LogP contribution in [0.15, 0.2) is 18.2 Å². The number of carboxylic acid groups (broad SMARTS) is 1. The molecule has 6 nitrogen and oxygen atoms in total. The second-order valence-corrected chi connectivity index (χ2v) is 4.29. The molecule has 104 valence electrons. The number of carbonyl (C=O) groups excluding carboxylic acids is 1. The number of carbonyl (C=O) groups is 2. The quantitative estimate of drug-likeness (QED) is 0.600. The molecule has 0 bridgehead atoms. The molecule has 0 saturated carbocycles. The molecular weight excluding hydrogens is 272 g/mol. The third-order valence-corrected chi connectivity index (χ3v) is 2.60. The molecule has 0 aliphatic heterocycles. The van der Waals surface area contributed by atoms with Gasteiger partial charge in [-0.1, -0.05) is 11.6 Å². The maximum absolute atomic E-state index is 11.7. The van der Waals surface area contributed by atoms with Gasteiger partial charge >= 0.3 is 6.09 Å². The number of aromatic hydroxyl groups is 1. The van der Waals surface area contributed by atoms with Crippen LogP contribution in [0, 0.1) is 0 Å². The van der Waals surface area contributed by atoms with E-state index in [0.717, 1.165) is 0 Å². The van der Waals surface area contributed by atoms with Crippen molar-refractivity contribution in [3.05, 3.63) is 28.8 Å². The molecule has 1 aromatic rings. The number of benzene rings is 1. The van der Waals surface area contributed by atoms with Gasteiger partial charge in [0.05, 0.1) is 5.56 Å². The van der Waals surface area contributed by atoms with Gasteiger partial charge in [-0.3, -0.25) is 4.79 Å². The Labute approximate surface area is 115 Å². The molecule has 0 unspecified atom stereocenters. The van der Waals surface area contributed by atoms with E-state index in [2.05, 4.69) is 10.6 Å². The SMILES string of the molecule is O=C(O)NCCCCNC(=O)c1cc(Cl)ccc1O. The standard InChI is InChI=1S/C12H15ClN2O4/c13-8-3-4-10(16)9(7-8)11(17)14-5-1-2-6-15-12(18)19/h3-4,7,15-16H,1-2,5-6H2,(H,14,17)(H,18,19). The topological polar surface area (TPSA) is 98.7 Å². The summed E-state index contributed by atoms with van der Waals surface area (Å²) in [5.41, 5.74) is 0.121. The number of halogens is 1. The molecule has 0 aliphatic rings. The van der Waals surface area contributed by atoms with Crippen LogP contribution in [-0.4, -0.2) is 35.3 Å². The van der Waals surface area contributed by atoms with E-state index >= 15 is 0 Å². The molecular formula is C12H15ClN2O4. The van der Waals surface area contributed by atoms with Crippen LogP contribution in [0.4, 0.5) is 4.79 Å². The van der Waals surface area contributed by atoms with Crippen molar-refractivity contribution in [2.75, 3.05) is 13.1 Å². The summed E-state index contributed by atoms with van der Waals surface area (Å²) >= 11 is 5.74. The summed E-state index contributed by atoms with van der Waals surface area (Å²) in [4.78, 5) is 21.9. The Morgan fingerprint density at radius 1 is 1.16 bits per heavy atom. The minimum absolute atomic E-state index is 0.121. The van der Waals surface area contributed by atoms with Crippen LogP contribution in [0.1, 0.15) is 23.2 Å². The van der Waals surface area contributed by atoms with Gasteiger partial charge in [0.25, 0.3) is 5.91 Å². The van der Waals surface area contributed by atoms with E-state index < -0.39 is 12.0 Å². The molecule has 0 spiro atoms. The van der Waals surface area contributed by atoms with E-state index in [1.54, 1.807) is 0 Å². The van der Waals surface area contributed by atoms with Gasteiger partial charge in [-0.25, -0.2) is 4.79 Å². The first-order valence-electron chi connectivity index (χ1n) is 5.74. The lowest BCUT2D eigenvalue weighted by Crippen LogP contribution is -2.26. The first kappa shape index (κ1) is 15.1. The third-order valence-electron chi connectivity index (χ3n) is 2.37. The van der Waals surface area contributed by atoms with Gasteiger partial charge in [-0.15, -0.1) is 0 Å². The van der Waals surface area contributed by atoms with E-state index in [1.165, 1.54) is 18.2 Å². The highest BCUT2D eigenvalue weighted by Gasteiger charge is 2.10. The van der Waals surface area contributed by atoms with E-state index in [9.17, 15) is 14.7 Å². The fourth-order valence-electron chi connectivity index (χ4n) is 1.43. The lowest BCUT2D eigenvalue weighted by Gasteiger charge is -2.07. The minimum atomic E-state index is -1.06. The Bertz CT molecular complexity index is 465. The lowest BCUT2D eigenvalue weighted by atomic mass is 10.2. The normalized spacial score (nSPS) is 9.95. The maximum Gasteiger partial charge on any atom is 0.404 e. The van der Waals surface area contributed by atoms with E-state index in [-0.39, 0.29) is 11.3 Å². The zero-order valence-electron chi connectivity index (χ0n) is 10.1. The Morgan fingerprint density at radius 3 is 2.42 bits per heavy atom. The van der Waals surface area contributed by atoms with Crippen molar-refractivity contribution >= 4 is 23.6 Å². The van der Waals surface area contributed by atoms with Crippen LogP contribution in [0.2, 0.25) is 5.02 Å². The number of rotatable bonds is 6. The van der Waals surface area contributed by atoms with E-state index in [0.29, 0.717) is 31.0 Å². The van der Waals surface area contributed by atoms with Gasteiger partial charge < -0.3 is 20.8 Å². The molecule has 0 aromatic heterocycles. The molecule has 19 heavy (non-hydrogen) atoms. The highest BCUT2D eigenvalue weighted by atomic mass is 35.5. The number of phenols is 1. The van der Waals surface area contributed by atoms with Crippen LogP contribution < -0.4 is 10.6 Å². The molecule has 1 rings (SSSR count). The van der Waals surface area contributed by atoms with E-state index in [1.807, 2.05) is 0 Å². The zero-order valence-corrected chi connectivity index (χ0v) is 10.9. The maximum atomic E-state index is 11.7. The third kappa shape index (κ3) is 5.48. The van der Waals surface area contributed by atoms with Gasteiger partial charge in [0.1, 0.15) is 5.75 Å². The molecule has 1 aromatic carbocycles.